The van der Waals surface area contributed by atoms with Crippen molar-refractivity contribution in [1.29, 1.82) is 0 Å². The molecule has 0 unspecified atom stereocenters. The second-order valence-corrected chi connectivity index (χ2v) is 5.87. The number of aromatic nitrogens is 3. The molecule has 2 heterocycles. The fourth-order valence-corrected chi connectivity index (χ4v) is 2.90. The van der Waals surface area contributed by atoms with Crippen molar-refractivity contribution in [2.75, 3.05) is 12.4 Å². The molecule has 0 aliphatic rings. The third-order valence-electron chi connectivity index (χ3n) is 4.19. The second kappa shape index (κ2) is 6.80. The molecule has 4 rings (SSSR count). The molecule has 1 amide bonds. The number of carbonyl (C=O) groups is 1. The molecule has 0 bridgehead atoms. The summed E-state index contributed by atoms with van der Waals surface area (Å²) in [5.41, 5.74) is 8.75. The minimum absolute atomic E-state index is 0.245. The SMILES string of the molecule is COc1ccc(-c2ccnc3c(C(N)=O)c(Nc4ccccc4)nn23)cc1. The van der Waals surface area contributed by atoms with Gasteiger partial charge in [-0.25, -0.2) is 9.50 Å². The summed E-state index contributed by atoms with van der Waals surface area (Å²) < 4.78 is 6.83. The Balaban J connectivity index is 1.87. The summed E-state index contributed by atoms with van der Waals surface area (Å²) in [6, 6.07) is 18.9. The highest BCUT2D eigenvalue weighted by molar-refractivity contribution is 6.04. The van der Waals surface area contributed by atoms with Crippen LogP contribution in [0.15, 0.2) is 66.9 Å². The molecule has 0 fully saturated rings. The zero-order valence-electron chi connectivity index (χ0n) is 14.6. The molecule has 7 heteroatoms. The zero-order valence-corrected chi connectivity index (χ0v) is 14.6. The Bertz CT molecular complexity index is 1100. The lowest BCUT2D eigenvalue weighted by atomic mass is 10.1. The number of benzene rings is 2. The standard InChI is InChI=1S/C20H17N5O2/c1-27-15-9-7-13(8-10-15)16-11-12-22-20-17(18(21)26)19(24-25(16)20)23-14-5-3-2-4-6-14/h2-12H,1H3,(H2,21,26)(H,23,24). The van der Waals surface area contributed by atoms with Gasteiger partial charge in [-0.05, 0) is 42.5 Å². The van der Waals surface area contributed by atoms with Gasteiger partial charge in [0.25, 0.3) is 5.91 Å². The summed E-state index contributed by atoms with van der Waals surface area (Å²) in [6.07, 6.45) is 1.63. The summed E-state index contributed by atoms with van der Waals surface area (Å²) >= 11 is 0. The lowest BCUT2D eigenvalue weighted by Crippen LogP contribution is -2.13. The van der Waals surface area contributed by atoms with Crippen LogP contribution in [0, 0.1) is 0 Å². The van der Waals surface area contributed by atoms with Crippen molar-refractivity contribution in [1.82, 2.24) is 14.6 Å². The van der Waals surface area contributed by atoms with Crippen molar-refractivity contribution in [3.05, 3.63) is 72.4 Å². The van der Waals surface area contributed by atoms with E-state index in [-0.39, 0.29) is 5.56 Å². The first kappa shape index (κ1) is 16.6. The molecule has 0 saturated carbocycles. The van der Waals surface area contributed by atoms with Gasteiger partial charge in [0, 0.05) is 17.4 Å². The van der Waals surface area contributed by atoms with Crippen LogP contribution in [-0.4, -0.2) is 27.6 Å². The molecule has 2 aromatic carbocycles. The molecule has 2 aromatic heterocycles. The van der Waals surface area contributed by atoms with Gasteiger partial charge in [0.15, 0.2) is 11.5 Å². The van der Waals surface area contributed by atoms with Crippen LogP contribution in [0.5, 0.6) is 5.75 Å². The average molecular weight is 359 g/mol. The molecule has 0 aliphatic carbocycles. The molecule has 0 radical (unpaired) electrons. The minimum atomic E-state index is -0.595. The van der Waals surface area contributed by atoms with Gasteiger partial charge in [0.2, 0.25) is 0 Å². The first-order valence-corrected chi connectivity index (χ1v) is 8.31. The lowest BCUT2D eigenvalue weighted by molar-refractivity contribution is 0.100. The largest absolute Gasteiger partial charge is 0.497 e. The quantitative estimate of drug-likeness (QED) is 0.570. The number of nitrogens with one attached hydrogen (secondary N) is 1. The molecule has 0 atom stereocenters. The monoisotopic (exact) mass is 359 g/mol. The van der Waals surface area contributed by atoms with E-state index in [1.807, 2.05) is 60.7 Å². The van der Waals surface area contributed by atoms with E-state index in [0.717, 1.165) is 22.7 Å². The summed E-state index contributed by atoms with van der Waals surface area (Å²) in [6.45, 7) is 0. The van der Waals surface area contributed by atoms with E-state index >= 15 is 0 Å². The van der Waals surface area contributed by atoms with Crippen LogP contribution in [0.1, 0.15) is 10.4 Å². The molecule has 0 saturated heterocycles. The Morgan fingerprint density at radius 3 is 2.48 bits per heavy atom. The Hall–Kier alpha value is -3.87. The van der Waals surface area contributed by atoms with E-state index in [2.05, 4.69) is 15.4 Å². The number of primary amides is 1. The van der Waals surface area contributed by atoms with Crippen molar-refractivity contribution in [3.63, 3.8) is 0 Å². The number of nitrogens with zero attached hydrogens (tertiary/aromatic N) is 3. The van der Waals surface area contributed by atoms with Crippen molar-refractivity contribution >= 4 is 23.1 Å². The number of carbonyl (C=O) groups excluding carboxylic acids is 1. The minimum Gasteiger partial charge on any atom is -0.497 e. The van der Waals surface area contributed by atoms with Crippen molar-refractivity contribution < 1.29 is 9.53 Å². The van der Waals surface area contributed by atoms with E-state index < -0.39 is 5.91 Å². The highest BCUT2D eigenvalue weighted by Gasteiger charge is 2.21. The number of nitrogens with two attached hydrogens (primary N) is 1. The van der Waals surface area contributed by atoms with Gasteiger partial charge in [-0.15, -0.1) is 5.10 Å². The average Bonchev–Trinajstić information content (AvgIpc) is 3.07. The summed E-state index contributed by atoms with van der Waals surface area (Å²) in [5, 5.41) is 7.71. The van der Waals surface area contributed by atoms with E-state index in [4.69, 9.17) is 10.5 Å². The van der Waals surface area contributed by atoms with E-state index in [9.17, 15) is 4.79 Å². The van der Waals surface area contributed by atoms with Crippen molar-refractivity contribution in [2.24, 2.45) is 5.73 Å². The summed E-state index contributed by atoms with van der Waals surface area (Å²) in [7, 11) is 1.62. The number of amides is 1. The van der Waals surface area contributed by atoms with Crippen molar-refractivity contribution in [3.8, 4) is 17.0 Å². The van der Waals surface area contributed by atoms with Gasteiger partial charge in [-0.1, -0.05) is 18.2 Å². The Labute approximate surface area is 155 Å². The first-order valence-electron chi connectivity index (χ1n) is 8.31. The fraction of sp³-hybridized carbons (Fsp3) is 0.0500. The predicted octanol–water partition coefficient (Wildman–Crippen LogP) is 3.25. The third-order valence-corrected chi connectivity index (χ3v) is 4.19. The third kappa shape index (κ3) is 3.06. The molecule has 4 aromatic rings. The van der Waals surface area contributed by atoms with Crippen LogP contribution in [-0.2, 0) is 0 Å². The Kier molecular flexibility index (Phi) is 4.18. The van der Waals surface area contributed by atoms with Crippen LogP contribution < -0.4 is 15.8 Å². The molecular formula is C20H17N5O2. The second-order valence-electron chi connectivity index (χ2n) is 5.87. The molecule has 0 spiro atoms. The van der Waals surface area contributed by atoms with Gasteiger partial charge in [0.1, 0.15) is 11.3 Å². The lowest BCUT2D eigenvalue weighted by Gasteiger charge is -2.06. The maximum atomic E-state index is 12.1. The van der Waals surface area contributed by atoms with Gasteiger partial charge >= 0.3 is 0 Å². The highest BCUT2D eigenvalue weighted by Crippen LogP contribution is 2.27. The number of rotatable bonds is 5. The maximum Gasteiger partial charge on any atom is 0.256 e. The molecule has 3 N–H and O–H groups in total. The van der Waals surface area contributed by atoms with Gasteiger partial charge in [0.05, 0.1) is 12.8 Å². The molecular weight excluding hydrogens is 342 g/mol. The molecule has 0 aliphatic heterocycles. The van der Waals surface area contributed by atoms with E-state index in [1.165, 1.54) is 0 Å². The normalized spacial score (nSPS) is 10.7. The van der Waals surface area contributed by atoms with Crippen LogP contribution in [0.3, 0.4) is 0 Å². The van der Waals surface area contributed by atoms with Crippen LogP contribution in [0.25, 0.3) is 16.9 Å². The van der Waals surface area contributed by atoms with Crippen LogP contribution in [0.2, 0.25) is 0 Å². The number of methoxy groups -OCH3 is 1. The van der Waals surface area contributed by atoms with Crippen molar-refractivity contribution in [2.45, 2.75) is 0 Å². The smallest absolute Gasteiger partial charge is 0.256 e. The first-order chi connectivity index (χ1) is 13.2. The number of ether oxygens (including phenoxy) is 1. The number of anilines is 2. The van der Waals surface area contributed by atoms with E-state index in [0.29, 0.717) is 11.5 Å². The van der Waals surface area contributed by atoms with Crippen LogP contribution in [0.4, 0.5) is 11.5 Å². The molecule has 27 heavy (non-hydrogen) atoms. The topological polar surface area (TPSA) is 94.5 Å². The van der Waals surface area contributed by atoms with Crippen LogP contribution >= 0.6 is 0 Å². The number of para-hydroxylation sites is 1. The van der Waals surface area contributed by atoms with Gasteiger partial charge in [-0.3, -0.25) is 4.79 Å². The Morgan fingerprint density at radius 2 is 1.81 bits per heavy atom. The maximum absolute atomic E-state index is 12.1. The predicted molar refractivity (Wildman–Crippen MR) is 103 cm³/mol. The molecule has 134 valence electrons. The summed E-state index contributed by atoms with van der Waals surface area (Å²) in [5.74, 6) is 0.527. The highest BCUT2D eigenvalue weighted by atomic mass is 16.5. The number of fused-ring (bicyclic) bond motifs is 1. The molecule has 7 nitrogen and oxygen atoms in total. The zero-order chi connectivity index (χ0) is 18.8. The van der Waals surface area contributed by atoms with Gasteiger partial charge < -0.3 is 15.8 Å². The number of hydrogen-bond donors (Lipinski definition) is 2. The summed E-state index contributed by atoms with van der Waals surface area (Å²) in [4.78, 5) is 16.4. The van der Waals surface area contributed by atoms with E-state index in [1.54, 1.807) is 17.8 Å². The van der Waals surface area contributed by atoms with Gasteiger partial charge in [-0.2, -0.15) is 0 Å². The Morgan fingerprint density at radius 1 is 1.07 bits per heavy atom. The fourth-order valence-electron chi connectivity index (χ4n) is 2.90. The number of hydrogen-bond acceptors (Lipinski definition) is 5.